The second-order valence-electron chi connectivity index (χ2n) is 6.31. The number of Topliss-reactive ketones (excluding diaryl/α,β-unsaturated/α-hetero) is 1. The van der Waals surface area contributed by atoms with Gasteiger partial charge in [0.15, 0.2) is 5.78 Å². The minimum Gasteiger partial charge on any atom is -0.494 e. The normalized spacial score (nSPS) is 11.3. The zero-order valence-electron chi connectivity index (χ0n) is 16.4. The van der Waals surface area contributed by atoms with Gasteiger partial charge in [0.05, 0.1) is 18.0 Å². The first-order chi connectivity index (χ1) is 13.1. The van der Waals surface area contributed by atoms with E-state index in [9.17, 15) is 18.0 Å². The Hall–Kier alpha value is -2.71. The number of carbonyl (C=O) groups excluding carboxylic acids is 2. The molecule has 0 saturated carbocycles. The molecule has 2 aromatic carbocycles. The largest absolute Gasteiger partial charge is 0.494 e. The van der Waals surface area contributed by atoms with Crippen molar-refractivity contribution >= 4 is 27.4 Å². The third-order valence-corrected chi connectivity index (χ3v) is 5.87. The van der Waals surface area contributed by atoms with Gasteiger partial charge >= 0.3 is 0 Å². The van der Waals surface area contributed by atoms with E-state index >= 15 is 0 Å². The van der Waals surface area contributed by atoms with Crippen LogP contribution in [0.5, 0.6) is 5.75 Å². The van der Waals surface area contributed by atoms with Gasteiger partial charge in [-0.1, -0.05) is 12.1 Å². The maximum atomic E-state index is 12.7. The standard InChI is InChI=1S/C20H24N2O5S/c1-5-27-19-10-9-18(11-14(19)2)28(25,26)22(4)13-20(24)21-17-8-6-7-16(12-17)15(3)23/h6-12H,5,13H2,1-4H3,(H,21,24). The average molecular weight is 404 g/mol. The van der Waals surface area contributed by atoms with Crippen LogP contribution in [0.2, 0.25) is 0 Å². The molecule has 0 aliphatic heterocycles. The van der Waals surface area contributed by atoms with Crippen LogP contribution in [-0.4, -0.2) is 44.6 Å². The summed E-state index contributed by atoms with van der Waals surface area (Å²) in [6.45, 7) is 5.16. The van der Waals surface area contributed by atoms with Crippen molar-refractivity contribution in [2.75, 3.05) is 25.5 Å². The van der Waals surface area contributed by atoms with Crippen molar-refractivity contribution in [2.24, 2.45) is 0 Å². The number of ether oxygens (including phenoxy) is 1. The summed E-state index contributed by atoms with van der Waals surface area (Å²) in [6.07, 6.45) is 0. The predicted molar refractivity (Wildman–Crippen MR) is 107 cm³/mol. The molecule has 0 bridgehead atoms. The van der Waals surface area contributed by atoms with Crippen LogP contribution in [0.15, 0.2) is 47.4 Å². The molecule has 0 spiro atoms. The Bertz CT molecular complexity index is 986. The summed E-state index contributed by atoms with van der Waals surface area (Å²) in [7, 11) is -2.50. The summed E-state index contributed by atoms with van der Waals surface area (Å²) in [5, 5.41) is 2.61. The Balaban J connectivity index is 2.11. The molecule has 0 saturated heterocycles. The maximum absolute atomic E-state index is 12.7. The second-order valence-corrected chi connectivity index (χ2v) is 8.35. The van der Waals surface area contributed by atoms with Gasteiger partial charge < -0.3 is 10.1 Å². The van der Waals surface area contributed by atoms with Gasteiger partial charge in [-0.2, -0.15) is 4.31 Å². The molecule has 0 aliphatic carbocycles. The molecule has 2 rings (SSSR count). The number of likely N-dealkylation sites (N-methyl/N-ethyl adjacent to an activating group) is 1. The first kappa shape index (κ1) is 21.6. The lowest BCUT2D eigenvalue weighted by Crippen LogP contribution is -2.35. The van der Waals surface area contributed by atoms with Crippen molar-refractivity contribution in [1.82, 2.24) is 4.31 Å². The van der Waals surface area contributed by atoms with E-state index in [1.54, 1.807) is 37.3 Å². The molecule has 150 valence electrons. The van der Waals surface area contributed by atoms with Gasteiger partial charge in [0.2, 0.25) is 15.9 Å². The van der Waals surface area contributed by atoms with Crippen LogP contribution >= 0.6 is 0 Å². The Morgan fingerprint density at radius 1 is 1.14 bits per heavy atom. The van der Waals surface area contributed by atoms with Gasteiger partial charge in [0, 0.05) is 18.3 Å². The van der Waals surface area contributed by atoms with Crippen LogP contribution in [0.1, 0.15) is 29.8 Å². The van der Waals surface area contributed by atoms with Crippen LogP contribution in [0.25, 0.3) is 0 Å². The molecule has 0 atom stereocenters. The molecule has 8 heteroatoms. The van der Waals surface area contributed by atoms with Crippen LogP contribution in [-0.2, 0) is 14.8 Å². The Morgan fingerprint density at radius 2 is 1.86 bits per heavy atom. The first-order valence-electron chi connectivity index (χ1n) is 8.75. The molecule has 0 aromatic heterocycles. The van der Waals surface area contributed by atoms with Gasteiger partial charge in [0.25, 0.3) is 0 Å². The van der Waals surface area contributed by atoms with E-state index in [4.69, 9.17) is 4.74 Å². The number of nitrogens with one attached hydrogen (secondary N) is 1. The van der Waals surface area contributed by atoms with Crippen LogP contribution in [0.4, 0.5) is 5.69 Å². The van der Waals surface area contributed by atoms with Crippen molar-refractivity contribution in [3.8, 4) is 5.75 Å². The number of amides is 1. The van der Waals surface area contributed by atoms with Gasteiger partial charge in [-0.05, 0) is 56.7 Å². The number of rotatable bonds is 8. The molecule has 2 aromatic rings. The fourth-order valence-corrected chi connectivity index (χ4v) is 3.80. The lowest BCUT2D eigenvalue weighted by molar-refractivity contribution is -0.116. The van der Waals surface area contributed by atoms with Crippen molar-refractivity contribution in [2.45, 2.75) is 25.7 Å². The predicted octanol–water partition coefficient (Wildman–Crippen LogP) is 2.86. The molecule has 0 unspecified atom stereocenters. The highest BCUT2D eigenvalue weighted by atomic mass is 32.2. The van der Waals surface area contributed by atoms with E-state index < -0.39 is 15.9 Å². The van der Waals surface area contributed by atoms with Crippen LogP contribution < -0.4 is 10.1 Å². The molecule has 0 radical (unpaired) electrons. The summed E-state index contributed by atoms with van der Waals surface area (Å²) in [4.78, 5) is 23.8. The van der Waals surface area contributed by atoms with Gasteiger partial charge in [-0.15, -0.1) is 0 Å². The van der Waals surface area contributed by atoms with E-state index in [-0.39, 0.29) is 17.2 Å². The highest BCUT2D eigenvalue weighted by Crippen LogP contribution is 2.23. The molecule has 28 heavy (non-hydrogen) atoms. The Morgan fingerprint density at radius 3 is 2.46 bits per heavy atom. The number of hydrogen-bond donors (Lipinski definition) is 1. The lowest BCUT2D eigenvalue weighted by atomic mass is 10.1. The Kier molecular flexibility index (Phi) is 6.93. The quantitative estimate of drug-likeness (QED) is 0.683. The number of aryl methyl sites for hydroxylation is 1. The zero-order chi connectivity index (χ0) is 20.9. The number of carbonyl (C=O) groups is 2. The lowest BCUT2D eigenvalue weighted by Gasteiger charge is -2.18. The van der Waals surface area contributed by atoms with Gasteiger partial charge in [0.1, 0.15) is 5.75 Å². The topological polar surface area (TPSA) is 92.8 Å². The first-order valence-corrected chi connectivity index (χ1v) is 10.2. The van der Waals surface area contributed by atoms with Gasteiger partial charge in [-0.25, -0.2) is 8.42 Å². The van der Waals surface area contributed by atoms with E-state index in [1.165, 1.54) is 26.1 Å². The second kappa shape index (κ2) is 8.99. The highest BCUT2D eigenvalue weighted by molar-refractivity contribution is 7.89. The highest BCUT2D eigenvalue weighted by Gasteiger charge is 2.23. The SMILES string of the molecule is CCOc1ccc(S(=O)(=O)N(C)CC(=O)Nc2cccc(C(C)=O)c2)cc1C. The number of sulfonamides is 1. The number of hydrogen-bond acceptors (Lipinski definition) is 5. The number of nitrogens with zero attached hydrogens (tertiary/aromatic N) is 1. The monoisotopic (exact) mass is 404 g/mol. The summed E-state index contributed by atoms with van der Waals surface area (Å²) in [5.41, 5.74) is 1.59. The molecule has 0 heterocycles. The van der Waals surface area contributed by atoms with E-state index in [0.717, 1.165) is 4.31 Å². The van der Waals surface area contributed by atoms with Crippen molar-refractivity contribution in [3.05, 3.63) is 53.6 Å². The third kappa shape index (κ3) is 5.17. The molecule has 1 N–H and O–H groups in total. The molecule has 0 aliphatic rings. The molecule has 1 amide bonds. The number of ketones is 1. The zero-order valence-corrected chi connectivity index (χ0v) is 17.2. The van der Waals surface area contributed by atoms with Crippen molar-refractivity contribution in [1.29, 1.82) is 0 Å². The third-order valence-electron chi connectivity index (χ3n) is 4.07. The smallest absolute Gasteiger partial charge is 0.243 e. The minimum absolute atomic E-state index is 0.0855. The molecular weight excluding hydrogens is 380 g/mol. The van der Waals surface area contributed by atoms with E-state index in [1.807, 2.05) is 6.92 Å². The van der Waals surface area contributed by atoms with Crippen molar-refractivity contribution in [3.63, 3.8) is 0 Å². The minimum atomic E-state index is -3.84. The Labute approximate surface area is 165 Å². The summed E-state index contributed by atoms with van der Waals surface area (Å²) >= 11 is 0. The van der Waals surface area contributed by atoms with Gasteiger partial charge in [-0.3, -0.25) is 9.59 Å². The maximum Gasteiger partial charge on any atom is 0.243 e. The molecular formula is C20H24N2O5S. The average Bonchev–Trinajstić information content (AvgIpc) is 2.63. The number of benzene rings is 2. The van der Waals surface area contributed by atoms with E-state index in [2.05, 4.69) is 5.32 Å². The fourth-order valence-electron chi connectivity index (χ4n) is 2.58. The summed E-state index contributed by atoms with van der Waals surface area (Å²) < 4.78 is 31.9. The number of anilines is 1. The fraction of sp³-hybridized carbons (Fsp3) is 0.300. The van der Waals surface area contributed by atoms with Crippen LogP contribution in [0.3, 0.4) is 0 Å². The van der Waals surface area contributed by atoms with Crippen molar-refractivity contribution < 1.29 is 22.7 Å². The summed E-state index contributed by atoms with van der Waals surface area (Å²) in [5.74, 6) is -0.0108. The molecule has 7 nitrogen and oxygen atoms in total. The van der Waals surface area contributed by atoms with Crippen LogP contribution in [0, 0.1) is 6.92 Å². The summed E-state index contributed by atoms with van der Waals surface area (Å²) in [6, 6.07) is 11.0. The van der Waals surface area contributed by atoms with E-state index in [0.29, 0.717) is 29.2 Å². The molecule has 0 fully saturated rings.